The largest absolute Gasteiger partial charge is 0.450 e. The van der Waals surface area contributed by atoms with E-state index in [2.05, 4.69) is 19.0 Å². The molecular formula is C4H8N2O4S. The normalized spacial score (nSPS) is 16.6. The summed E-state index contributed by atoms with van der Waals surface area (Å²) in [5.74, 6) is 0.131. The first-order chi connectivity index (χ1) is 5.14. The molecule has 0 saturated carbocycles. The van der Waals surface area contributed by atoms with E-state index in [1.54, 1.807) is 0 Å². The molecule has 0 aromatic carbocycles. The highest BCUT2D eigenvalue weighted by molar-refractivity contribution is 7.81. The third-order valence-electron chi connectivity index (χ3n) is 0.994. The van der Waals surface area contributed by atoms with Crippen LogP contribution in [0.3, 0.4) is 0 Å². The first-order valence-corrected chi connectivity index (χ1v) is 4.15. The molecule has 64 valence electrons. The van der Waals surface area contributed by atoms with Crippen LogP contribution in [0.25, 0.3) is 0 Å². The third kappa shape index (κ3) is 2.28. The highest BCUT2D eigenvalue weighted by atomic mass is 32.3. The van der Waals surface area contributed by atoms with Crippen LogP contribution in [-0.2, 0) is 18.8 Å². The van der Waals surface area contributed by atoms with Crippen molar-refractivity contribution in [1.29, 1.82) is 0 Å². The van der Waals surface area contributed by atoms with Crippen molar-refractivity contribution >= 4 is 10.4 Å². The minimum Gasteiger partial charge on any atom is -0.369 e. The van der Waals surface area contributed by atoms with Gasteiger partial charge in [0.25, 0.3) is 0 Å². The summed E-state index contributed by atoms with van der Waals surface area (Å²) in [5.41, 5.74) is 0. The Bertz CT molecular complexity index is 257. The molecule has 0 unspecified atom stereocenters. The standard InChI is InChI=1S/C4H8N2O4S/c1-9-11(7,8)10-4-2-5-3-6-4/h2,5-6H,3H2,1H3. The van der Waals surface area contributed by atoms with Crippen LogP contribution >= 0.6 is 0 Å². The van der Waals surface area contributed by atoms with Gasteiger partial charge in [0.2, 0.25) is 5.88 Å². The average molecular weight is 180 g/mol. The topological polar surface area (TPSA) is 76.7 Å². The number of nitrogens with one attached hydrogen (secondary N) is 2. The smallest absolute Gasteiger partial charge is 0.369 e. The Balaban J connectivity index is 2.54. The van der Waals surface area contributed by atoms with E-state index in [0.717, 1.165) is 7.11 Å². The molecule has 0 spiro atoms. The first kappa shape index (κ1) is 8.15. The van der Waals surface area contributed by atoms with Gasteiger partial charge in [0.1, 0.15) is 0 Å². The molecule has 0 aromatic rings. The van der Waals surface area contributed by atoms with Gasteiger partial charge in [-0.3, -0.25) is 0 Å². The van der Waals surface area contributed by atoms with Crippen molar-refractivity contribution in [3.63, 3.8) is 0 Å². The summed E-state index contributed by atoms with van der Waals surface area (Å²) < 4.78 is 29.6. The molecule has 1 rings (SSSR count). The monoisotopic (exact) mass is 180 g/mol. The van der Waals surface area contributed by atoms with Gasteiger partial charge in [-0.15, -0.1) is 0 Å². The molecular weight excluding hydrogens is 172 g/mol. The van der Waals surface area contributed by atoms with Crippen LogP contribution in [0.1, 0.15) is 0 Å². The molecule has 0 atom stereocenters. The molecule has 0 radical (unpaired) electrons. The molecule has 0 fully saturated rings. The Morgan fingerprint density at radius 3 is 2.82 bits per heavy atom. The molecule has 11 heavy (non-hydrogen) atoms. The van der Waals surface area contributed by atoms with Crippen molar-refractivity contribution in [3.8, 4) is 0 Å². The summed E-state index contributed by atoms with van der Waals surface area (Å²) >= 11 is 0. The van der Waals surface area contributed by atoms with Crippen LogP contribution in [0.5, 0.6) is 0 Å². The van der Waals surface area contributed by atoms with Gasteiger partial charge in [-0.25, -0.2) is 4.18 Å². The Labute approximate surface area is 64.5 Å². The molecule has 7 heteroatoms. The molecule has 0 aliphatic carbocycles. The minimum atomic E-state index is -3.87. The predicted molar refractivity (Wildman–Crippen MR) is 36.2 cm³/mol. The Hall–Kier alpha value is -0.950. The molecule has 1 aliphatic heterocycles. The fourth-order valence-electron chi connectivity index (χ4n) is 0.530. The molecule has 6 nitrogen and oxygen atoms in total. The molecule has 0 bridgehead atoms. The van der Waals surface area contributed by atoms with E-state index in [-0.39, 0.29) is 5.88 Å². The summed E-state index contributed by atoms with van der Waals surface area (Å²) in [5, 5.41) is 5.32. The molecule has 0 amide bonds. The maximum absolute atomic E-state index is 10.6. The first-order valence-electron chi connectivity index (χ1n) is 2.81. The second-order valence-electron chi connectivity index (χ2n) is 1.72. The van der Waals surface area contributed by atoms with Crippen LogP contribution < -0.4 is 10.6 Å². The van der Waals surface area contributed by atoms with E-state index in [0.29, 0.717) is 6.67 Å². The van der Waals surface area contributed by atoms with Gasteiger partial charge < -0.3 is 14.8 Å². The van der Waals surface area contributed by atoms with Crippen LogP contribution in [0.2, 0.25) is 0 Å². The van der Waals surface area contributed by atoms with E-state index in [1.165, 1.54) is 6.20 Å². The van der Waals surface area contributed by atoms with Crippen molar-refractivity contribution in [1.82, 2.24) is 10.6 Å². The van der Waals surface area contributed by atoms with Crippen molar-refractivity contribution in [2.45, 2.75) is 0 Å². The quantitative estimate of drug-likeness (QED) is 0.570. The van der Waals surface area contributed by atoms with Crippen LogP contribution in [0.4, 0.5) is 0 Å². The van der Waals surface area contributed by atoms with Crippen molar-refractivity contribution in [2.75, 3.05) is 13.8 Å². The molecule has 2 N–H and O–H groups in total. The lowest BCUT2D eigenvalue weighted by Crippen LogP contribution is -2.18. The fourth-order valence-corrected chi connectivity index (χ4v) is 0.925. The van der Waals surface area contributed by atoms with Gasteiger partial charge in [0, 0.05) is 0 Å². The predicted octanol–water partition coefficient (Wildman–Crippen LogP) is -1.16. The molecule has 1 aliphatic rings. The van der Waals surface area contributed by atoms with E-state index in [9.17, 15) is 8.42 Å². The van der Waals surface area contributed by atoms with Crippen molar-refractivity contribution < 1.29 is 16.8 Å². The summed E-state index contributed by atoms with van der Waals surface area (Å²) in [7, 11) is -2.85. The zero-order valence-electron chi connectivity index (χ0n) is 5.83. The molecule has 0 aromatic heterocycles. The van der Waals surface area contributed by atoms with Gasteiger partial charge in [0.05, 0.1) is 20.0 Å². The fraction of sp³-hybridized carbons (Fsp3) is 0.500. The highest BCUT2D eigenvalue weighted by Crippen LogP contribution is 2.02. The lowest BCUT2D eigenvalue weighted by Gasteiger charge is -2.03. The highest BCUT2D eigenvalue weighted by Gasteiger charge is 2.14. The Kier molecular flexibility index (Phi) is 2.20. The third-order valence-corrected chi connectivity index (χ3v) is 1.79. The number of hydrogen-bond donors (Lipinski definition) is 2. The zero-order valence-corrected chi connectivity index (χ0v) is 6.64. The number of rotatable bonds is 3. The van der Waals surface area contributed by atoms with E-state index in [1.807, 2.05) is 0 Å². The zero-order chi connectivity index (χ0) is 8.32. The summed E-state index contributed by atoms with van der Waals surface area (Å²) in [6, 6.07) is 0. The Morgan fingerprint density at radius 2 is 2.36 bits per heavy atom. The van der Waals surface area contributed by atoms with Gasteiger partial charge >= 0.3 is 10.4 Å². The number of hydrogen-bond acceptors (Lipinski definition) is 6. The van der Waals surface area contributed by atoms with Gasteiger partial charge in [-0.05, 0) is 0 Å². The van der Waals surface area contributed by atoms with Gasteiger partial charge in [-0.2, -0.15) is 8.42 Å². The van der Waals surface area contributed by atoms with Crippen molar-refractivity contribution in [2.24, 2.45) is 0 Å². The molecule has 0 saturated heterocycles. The lowest BCUT2D eigenvalue weighted by molar-refractivity contribution is 0.282. The minimum absolute atomic E-state index is 0.131. The summed E-state index contributed by atoms with van der Waals surface area (Å²) in [4.78, 5) is 0. The second kappa shape index (κ2) is 2.97. The summed E-state index contributed by atoms with van der Waals surface area (Å²) in [6.45, 7) is 0.453. The van der Waals surface area contributed by atoms with E-state index in [4.69, 9.17) is 0 Å². The Morgan fingerprint density at radius 1 is 1.64 bits per heavy atom. The maximum atomic E-state index is 10.6. The van der Waals surface area contributed by atoms with Gasteiger partial charge in [0.15, 0.2) is 0 Å². The summed E-state index contributed by atoms with van der Waals surface area (Å²) in [6.07, 6.45) is 1.40. The van der Waals surface area contributed by atoms with E-state index < -0.39 is 10.4 Å². The van der Waals surface area contributed by atoms with Crippen LogP contribution in [0, 0.1) is 0 Å². The maximum Gasteiger partial charge on any atom is 0.450 e. The SMILES string of the molecule is COS(=O)(=O)OC1=CNCN1. The van der Waals surface area contributed by atoms with Crippen molar-refractivity contribution in [3.05, 3.63) is 12.1 Å². The average Bonchev–Trinajstić information content (AvgIpc) is 2.39. The van der Waals surface area contributed by atoms with Crippen LogP contribution in [-0.4, -0.2) is 22.2 Å². The molecule has 1 heterocycles. The van der Waals surface area contributed by atoms with E-state index >= 15 is 0 Å². The van der Waals surface area contributed by atoms with Gasteiger partial charge in [-0.1, -0.05) is 0 Å². The van der Waals surface area contributed by atoms with Crippen LogP contribution in [0.15, 0.2) is 12.1 Å². The lowest BCUT2D eigenvalue weighted by atomic mass is 10.9. The second-order valence-corrected chi connectivity index (χ2v) is 3.04.